The van der Waals surface area contributed by atoms with Crippen molar-refractivity contribution >= 4 is 0 Å². The lowest BCUT2D eigenvalue weighted by atomic mass is 10.3. The van der Waals surface area contributed by atoms with Crippen LogP contribution in [0.15, 0.2) is 24.5 Å². The molecule has 0 saturated heterocycles. The van der Waals surface area contributed by atoms with Gasteiger partial charge in [0.15, 0.2) is 0 Å². The predicted octanol–water partition coefficient (Wildman–Crippen LogP) is 1.99. The Labute approximate surface area is 91.9 Å². The zero-order chi connectivity index (χ0) is 10.8. The molecule has 0 unspecified atom stereocenters. The van der Waals surface area contributed by atoms with E-state index in [0.29, 0.717) is 0 Å². The number of rotatable bonds is 8. The molecular formula is C12H20N2O. The normalized spacial score (nSPS) is 10.5. The maximum Gasteiger partial charge on any atom is 0.0478 e. The maximum absolute atomic E-state index is 5.39. The molecule has 0 atom stereocenters. The summed E-state index contributed by atoms with van der Waals surface area (Å²) in [5, 5.41) is 3.37. The topological polar surface area (TPSA) is 34.1 Å². The molecule has 1 N–H and O–H groups in total. The van der Waals surface area contributed by atoms with Crippen LogP contribution in [0.1, 0.15) is 25.3 Å². The van der Waals surface area contributed by atoms with Crippen molar-refractivity contribution in [2.45, 2.75) is 26.3 Å². The second-order valence-corrected chi connectivity index (χ2v) is 3.50. The Morgan fingerprint density at radius 3 is 2.80 bits per heavy atom. The SMILES string of the molecule is CCCOCCCNCc1ccncc1. The highest BCUT2D eigenvalue weighted by Gasteiger charge is 1.91. The molecule has 1 rings (SSSR count). The third kappa shape index (κ3) is 6.20. The van der Waals surface area contributed by atoms with E-state index in [-0.39, 0.29) is 0 Å². The zero-order valence-electron chi connectivity index (χ0n) is 9.41. The Balaban J connectivity index is 1.93. The van der Waals surface area contributed by atoms with Gasteiger partial charge in [-0.25, -0.2) is 0 Å². The first-order valence-electron chi connectivity index (χ1n) is 5.61. The lowest BCUT2D eigenvalue weighted by Crippen LogP contribution is -2.16. The van der Waals surface area contributed by atoms with E-state index >= 15 is 0 Å². The number of hydrogen-bond acceptors (Lipinski definition) is 3. The third-order valence-electron chi connectivity index (χ3n) is 2.07. The molecule has 1 aromatic rings. The van der Waals surface area contributed by atoms with Gasteiger partial charge in [0, 0.05) is 32.2 Å². The average molecular weight is 208 g/mol. The molecule has 0 radical (unpaired) electrons. The van der Waals surface area contributed by atoms with Crippen molar-refractivity contribution in [2.24, 2.45) is 0 Å². The number of aromatic nitrogens is 1. The Hall–Kier alpha value is -0.930. The van der Waals surface area contributed by atoms with Crippen LogP contribution in [0.3, 0.4) is 0 Å². The largest absolute Gasteiger partial charge is 0.381 e. The van der Waals surface area contributed by atoms with Gasteiger partial charge in [0.1, 0.15) is 0 Å². The van der Waals surface area contributed by atoms with Gasteiger partial charge in [-0.05, 0) is 37.1 Å². The Bertz CT molecular complexity index is 239. The van der Waals surface area contributed by atoms with Crippen molar-refractivity contribution < 1.29 is 4.74 Å². The van der Waals surface area contributed by atoms with Crippen molar-refractivity contribution in [1.82, 2.24) is 10.3 Å². The van der Waals surface area contributed by atoms with E-state index in [9.17, 15) is 0 Å². The summed E-state index contributed by atoms with van der Waals surface area (Å²) in [6.45, 7) is 5.78. The molecule has 3 heteroatoms. The minimum Gasteiger partial charge on any atom is -0.381 e. The van der Waals surface area contributed by atoms with Crippen molar-refractivity contribution in [1.29, 1.82) is 0 Å². The van der Waals surface area contributed by atoms with Gasteiger partial charge in [-0.15, -0.1) is 0 Å². The molecule has 0 bridgehead atoms. The zero-order valence-corrected chi connectivity index (χ0v) is 9.41. The highest BCUT2D eigenvalue weighted by atomic mass is 16.5. The first-order chi connectivity index (χ1) is 7.43. The van der Waals surface area contributed by atoms with E-state index in [1.54, 1.807) is 0 Å². The number of hydrogen-bond donors (Lipinski definition) is 1. The maximum atomic E-state index is 5.39. The highest BCUT2D eigenvalue weighted by molar-refractivity contribution is 5.08. The van der Waals surface area contributed by atoms with E-state index in [1.807, 2.05) is 24.5 Å². The van der Waals surface area contributed by atoms with Crippen molar-refractivity contribution in [2.75, 3.05) is 19.8 Å². The summed E-state index contributed by atoms with van der Waals surface area (Å²) in [4.78, 5) is 3.98. The van der Waals surface area contributed by atoms with Crippen LogP contribution in [0, 0.1) is 0 Å². The highest BCUT2D eigenvalue weighted by Crippen LogP contribution is 1.94. The molecule has 15 heavy (non-hydrogen) atoms. The number of nitrogens with zero attached hydrogens (tertiary/aromatic N) is 1. The minimum absolute atomic E-state index is 0.858. The summed E-state index contributed by atoms with van der Waals surface area (Å²) in [7, 11) is 0. The summed E-state index contributed by atoms with van der Waals surface area (Å²) < 4.78 is 5.39. The quantitative estimate of drug-likeness (QED) is 0.663. The standard InChI is InChI=1S/C12H20N2O/c1-2-9-15-10-3-6-14-11-12-4-7-13-8-5-12/h4-5,7-8,14H,2-3,6,9-11H2,1H3. The molecule has 0 amide bonds. The van der Waals surface area contributed by atoms with Crippen molar-refractivity contribution in [3.8, 4) is 0 Å². The van der Waals surface area contributed by atoms with Gasteiger partial charge in [-0.3, -0.25) is 4.98 Å². The van der Waals surface area contributed by atoms with E-state index in [4.69, 9.17) is 4.74 Å². The summed E-state index contributed by atoms with van der Waals surface area (Å²) in [6, 6.07) is 4.06. The Morgan fingerprint density at radius 1 is 1.27 bits per heavy atom. The first kappa shape index (κ1) is 12.1. The van der Waals surface area contributed by atoms with Crippen molar-refractivity contribution in [3.05, 3.63) is 30.1 Å². The van der Waals surface area contributed by atoms with E-state index < -0.39 is 0 Å². The number of nitrogens with one attached hydrogen (secondary N) is 1. The Morgan fingerprint density at radius 2 is 2.07 bits per heavy atom. The molecule has 1 heterocycles. The summed E-state index contributed by atoms with van der Waals surface area (Å²) in [5.41, 5.74) is 1.28. The average Bonchev–Trinajstić information content (AvgIpc) is 2.29. The molecule has 0 fully saturated rings. The van der Waals surface area contributed by atoms with Crippen LogP contribution in [-0.4, -0.2) is 24.7 Å². The van der Waals surface area contributed by atoms with E-state index in [1.165, 1.54) is 5.56 Å². The van der Waals surface area contributed by atoms with Crippen molar-refractivity contribution in [3.63, 3.8) is 0 Å². The lowest BCUT2D eigenvalue weighted by Gasteiger charge is -2.05. The number of ether oxygens (including phenoxy) is 1. The van der Waals surface area contributed by atoms with Gasteiger partial charge in [0.2, 0.25) is 0 Å². The molecule has 0 aliphatic heterocycles. The summed E-state index contributed by atoms with van der Waals surface area (Å²) >= 11 is 0. The molecule has 0 spiro atoms. The smallest absolute Gasteiger partial charge is 0.0478 e. The molecular weight excluding hydrogens is 188 g/mol. The van der Waals surface area contributed by atoms with Crippen LogP contribution in [0.25, 0.3) is 0 Å². The molecule has 0 aliphatic carbocycles. The van der Waals surface area contributed by atoms with Crippen LogP contribution in [0.4, 0.5) is 0 Å². The molecule has 0 saturated carbocycles. The van der Waals surface area contributed by atoms with E-state index in [2.05, 4.69) is 17.2 Å². The van der Waals surface area contributed by atoms with Crippen LogP contribution < -0.4 is 5.32 Å². The second-order valence-electron chi connectivity index (χ2n) is 3.50. The fourth-order valence-electron chi connectivity index (χ4n) is 1.28. The fraction of sp³-hybridized carbons (Fsp3) is 0.583. The van der Waals surface area contributed by atoms with Gasteiger partial charge in [0.25, 0.3) is 0 Å². The van der Waals surface area contributed by atoms with Crippen LogP contribution in [0.2, 0.25) is 0 Å². The second kappa shape index (κ2) is 8.38. The molecule has 1 aromatic heterocycles. The molecule has 0 aliphatic rings. The summed E-state index contributed by atoms with van der Waals surface area (Å²) in [6.07, 6.45) is 5.82. The van der Waals surface area contributed by atoms with Gasteiger partial charge in [-0.2, -0.15) is 0 Å². The minimum atomic E-state index is 0.858. The lowest BCUT2D eigenvalue weighted by molar-refractivity contribution is 0.132. The first-order valence-corrected chi connectivity index (χ1v) is 5.61. The fourth-order valence-corrected chi connectivity index (χ4v) is 1.28. The van der Waals surface area contributed by atoms with Gasteiger partial charge in [-0.1, -0.05) is 6.92 Å². The Kier molecular flexibility index (Phi) is 6.79. The van der Waals surface area contributed by atoms with Crippen LogP contribution in [0.5, 0.6) is 0 Å². The molecule has 84 valence electrons. The molecule has 3 nitrogen and oxygen atoms in total. The van der Waals surface area contributed by atoms with Gasteiger partial charge < -0.3 is 10.1 Å². The van der Waals surface area contributed by atoms with Crippen LogP contribution >= 0.6 is 0 Å². The monoisotopic (exact) mass is 208 g/mol. The predicted molar refractivity (Wildman–Crippen MR) is 61.7 cm³/mol. The van der Waals surface area contributed by atoms with Gasteiger partial charge in [0.05, 0.1) is 0 Å². The number of pyridine rings is 1. The van der Waals surface area contributed by atoms with Crippen LogP contribution in [-0.2, 0) is 11.3 Å². The van der Waals surface area contributed by atoms with Gasteiger partial charge >= 0.3 is 0 Å². The summed E-state index contributed by atoms with van der Waals surface area (Å²) in [5.74, 6) is 0. The molecule has 0 aromatic carbocycles. The third-order valence-corrected chi connectivity index (χ3v) is 2.07. The van der Waals surface area contributed by atoms with E-state index in [0.717, 1.165) is 39.1 Å².